The lowest BCUT2D eigenvalue weighted by atomic mass is 10.2. The molecule has 0 radical (unpaired) electrons. The van der Waals surface area contributed by atoms with Gasteiger partial charge in [-0.05, 0) is 46.3 Å². The first kappa shape index (κ1) is 18.5. The molecule has 0 bridgehead atoms. The Morgan fingerprint density at radius 3 is 2.46 bits per heavy atom. The van der Waals surface area contributed by atoms with Crippen molar-refractivity contribution in [1.29, 1.82) is 0 Å². The van der Waals surface area contributed by atoms with E-state index < -0.39 is 24.2 Å². The number of carbonyl (C=O) groups is 1. The number of aromatic nitrogens is 1. The molecule has 24 heavy (non-hydrogen) atoms. The number of benzene rings is 1. The van der Waals surface area contributed by atoms with Gasteiger partial charge in [0.05, 0.1) is 10.0 Å². The van der Waals surface area contributed by atoms with Crippen molar-refractivity contribution in [3.63, 3.8) is 0 Å². The zero-order valence-electron chi connectivity index (χ0n) is 11.6. The quantitative estimate of drug-likeness (QED) is 0.540. The van der Waals surface area contributed by atoms with Crippen molar-refractivity contribution in [3.8, 4) is 5.75 Å². The molecule has 1 aromatic carbocycles. The number of halogens is 6. The van der Waals surface area contributed by atoms with E-state index in [1.165, 1.54) is 24.4 Å². The summed E-state index contributed by atoms with van der Waals surface area (Å²) in [6, 6.07) is 5.97. The van der Waals surface area contributed by atoms with Crippen LogP contribution in [0.3, 0.4) is 0 Å². The Morgan fingerprint density at radius 2 is 1.92 bits per heavy atom. The van der Waals surface area contributed by atoms with E-state index in [2.05, 4.69) is 31.0 Å². The van der Waals surface area contributed by atoms with E-state index in [9.17, 15) is 22.4 Å². The van der Waals surface area contributed by atoms with E-state index in [1.54, 1.807) is 0 Å². The number of alkyl halides is 4. The summed E-state index contributed by atoms with van der Waals surface area (Å²) in [4.78, 5) is 15.8. The molecule has 0 fully saturated rings. The number of anilines is 1. The Balaban J connectivity index is 2.06. The van der Waals surface area contributed by atoms with Crippen LogP contribution in [0.4, 0.5) is 23.2 Å². The van der Waals surface area contributed by atoms with Gasteiger partial charge < -0.3 is 10.1 Å². The molecule has 2 rings (SSSR count). The molecule has 0 saturated carbocycles. The monoisotopic (exact) mass is 426 g/mol. The van der Waals surface area contributed by atoms with Crippen molar-refractivity contribution >= 4 is 39.1 Å². The molecule has 10 heteroatoms. The third-order valence-corrected chi connectivity index (χ3v) is 3.81. The number of nitrogens with one attached hydrogen (secondary N) is 1. The number of carbonyl (C=O) groups excluding carboxylic acids is 1. The third-order valence-electron chi connectivity index (χ3n) is 2.68. The normalized spacial score (nSPS) is 11.5. The molecule has 1 N–H and O–H groups in total. The lowest BCUT2D eigenvalue weighted by Crippen LogP contribution is -2.33. The SMILES string of the molecule is O=C(Nc1ccc(OC(F)(F)C(F)F)cc1)c1cnc(Cl)c(Br)c1. The fraction of sp³-hybridized carbons (Fsp3) is 0.143. The van der Waals surface area contributed by atoms with Crippen molar-refractivity contribution in [3.05, 3.63) is 51.7 Å². The Bertz CT molecular complexity index is 744. The smallest absolute Gasteiger partial charge is 0.428 e. The van der Waals surface area contributed by atoms with E-state index >= 15 is 0 Å². The molecule has 0 saturated heterocycles. The summed E-state index contributed by atoms with van der Waals surface area (Å²) in [5, 5.41) is 2.67. The van der Waals surface area contributed by atoms with E-state index in [-0.39, 0.29) is 16.4 Å². The molecule has 1 aromatic heterocycles. The van der Waals surface area contributed by atoms with Gasteiger partial charge in [0.25, 0.3) is 5.91 Å². The first-order chi connectivity index (χ1) is 11.2. The van der Waals surface area contributed by atoms with Gasteiger partial charge in [-0.1, -0.05) is 11.6 Å². The van der Waals surface area contributed by atoms with Crippen molar-refractivity contribution in [2.24, 2.45) is 0 Å². The summed E-state index contributed by atoms with van der Waals surface area (Å²) in [6.07, 6.45) is -7.29. The fourth-order valence-corrected chi connectivity index (χ4v) is 2.01. The first-order valence-corrected chi connectivity index (χ1v) is 7.43. The predicted octanol–water partition coefficient (Wildman–Crippen LogP) is 4.99. The average Bonchev–Trinajstić information content (AvgIpc) is 2.51. The van der Waals surface area contributed by atoms with Crippen LogP contribution in [0.1, 0.15) is 10.4 Å². The van der Waals surface area contributed by atoms with Gasteiger partial charge in [-0.15, -0.1) is 0 Å². The summed E-state index contributed by atoms with van der Waals surface area (Å²) < 4.78 is 54.0. The second-order valence-electron chi connectivity index (χ2n) is 4.44. The highest BCUT2D eigenvalue weighted by Gasteiger charge is 2.43. The molecular weight excluding hydrogens is 420 g/mol. The van der Waals surface area contributed by atoms with Crippen LogP contribution in [-0.2, 0) is 0 Å². The van der Waals surface area contributed by atoms with Crippen molar-refractivity contribution in [2.45, 2.75) is 12.5 Å². The maximum absolute atomic E-state index is 12.8. The highest BCUT2D eigenvalue weighted by molar-refractivity contribution is 9.10. The van der Waals surface area contributed by atoms with Crippen LogP contribution in [0.15, 0.2) is 41.0 Å². The number of hydrogen-bond acceptors (Lipinski definition) is 3. The summed E-state index contributed by atoms with van der Waals surface area (Å²) in [5.41, 5.74) is 0.453. The number of hydrogen-bond donors (Lipinski definition) is 1. The Morgan fingerprint density at radius 1 is 1.29 bits per heavy atom. The van der Waals surface area contributed by atoms with Gasteiger partial charge in [0.15, 0.2) is 0 Å². The highest BCUT2D eigenvalue weighted by Crippen LogP contribution is 2.28. The highest BCUT2D eigenvalue weighted by atomic mass is 79.9. The van der Waals surface area contributed by atoms with Crippen LogP contribution >= 0.6 is 27.5 Å². The maximum Gasteiger partial charge on any atom is 0.461 e. The van der Waals surface area contributed by atoms with Crippen LogP contribution in [0.25, 0.3) is 0 Å². The lowest BCUT2D eigenvalue weighted by molar-refractivity contribution is -0.253. The van der Waals surface area contributed by atoms with E-state index in [4.69, 9.17) is 11.6 Å². The van der Waals surface area contributed by atoms with Gasteiger partial charge in [0.2, 0.25) is 0 Å². The molecule has 0 atom stereocenters. The van der Waals surface area contributed by atoms with E-state index in [0.717, 1.165) is 12.1 Å². The van der Waals surface area contributed by atoms with Gasteiger partial charge in [0.1, 0.15) is 10.9 Å². The topological polar surface area (TPSA) is 51.2 Å². The van der Waals surface area contributed by atoms with Crippen molar-refractivity contribution in [2.75, 3.05) is 5.32 Å². The Hall–Kier alpha value is -1.87. The summed E-state index contributed by atoms with van der Waals surface area (Å²) in [6.45, 7) is 0. The summed E-state index contributed by atoms with van der Waals surface area (Å²) >= 11 is 8.85. The van der Waals surface area contributed by atoms with Gasteiger partial charge in [-0.2, -0.15) is 17.6 Å². The average molecular weight is 428 g/mol. The molecule has 4 nitrogen and oxygen atoms in total. The summed E-state index contributed by atoms with van der Waals surface area (Å²) in [5.74, 6) is -0.986. The van der Waals surface area contributed by atoms with Crippen LogP contribution in [0, 0.1) is 0 Å². The standard InChI is InChI=1S/C14H8BrClF4N2O2/c15-10-5-7(6-21-11(10)16)12(23)22-8-1-3-9(4-2-8)24-14(19,20)13(17)18/h1-6,13H,(H,22,23). The minimum atomic E-state index is -4.59. The Labute approximate surface area is 146 Å². The van der Waals surface area contributed by atoms with E-state index in [0.29, 0.717) is 4.47 Å². The third kappa shape index (κ3) is 4.57. The van der Waals surface area contributed by atoms with Gasteiger partial charge in [-0.25, -0.2) is 4.98 Å². The van der Waals surface area contributed by atoms with Gasteiger partial charge >= 0.3 is 12.5 Å². The maximum atomic E-state index is 12.8. The van der Waals surface area contributed by atoms with Crippen molar-refractivity contribution < 1.29 is 27.1 Å². The van der Waals surface area contributed by atoms with E-state index in [1.807, 2.05) is 0 Å². The second kappa shape index (κ2) is 7.35. The van der Waals surface area contributed by atoms with Gasteiger partial charge in [0, 0.05) is 11.9 Å². The minimum absolute atomic E-state index is 0.188. The van der Waals surface area contributed by atoms with Crippen LogP contribution in [0.2, 0.25) is 5.15 Å². The number of pyridine rings is 1. The summed E-state index contributed by atoms with van der Waals surface area (Å²) in [7, 11) is 0. The number of nitrogens with zero attached hydrogens (tertiary/aromatic N) is 1. The fourth-order valence-electron chi connectivity index (χ4n) is 1.56. The molecule has 2 aromatic rings. The minimum Gasteiger partial charge on any atom is -0.428 e. The van der Waals surface area contributed by atoms with Crippen LogP contribution in [-0.4, -0.2) is 23.4 Å². The largest absolute Gasteiger partial charge is 0.461 e. The molecule has 0 spiro atoms. The van der Waals surface area contributed by atoms with Crippen LogP contribution in [0.5, 0.6) is 5.75 Å². The Kier molecular flexibility index (Phi) is 5.66. The van der Waals surface area contributed by atoms with Crippen LogP contribution < -0.4 is 10.1 Å². The predicted molar refractivity (Wildman–Crippen MR) is 82.9 cm³/mol. The number of ether oxygens (including phenoxy) is 1. The number of rotatable bonds is 5. The number of amides is 1. The van der Waals surface area contributed by atoms with Crippen molar-refractivity contribution in [1.82, 2.24) is 4.98 Å². The molecule has 1 heterocycles. The molecule has 0 unspecified atom stereocenters. The zero-order chi connectivity index (χ0) is 17.9. The lowest BCUT2D eigenvalue weighted by Gasteiger charge is -2.16. The first-order valence-electron chi connectivity index (χ1n) is 6.26. The molecule has 1 amide bonds. The molecule has 128 valence electrons. The zero-order valence-corrected chi connectivity index (χ0v) is 13.9. The van der Waals surface area contributed by atoms with Gasteiger partial charge in [-0.3, -0.25) is 4.79 Å². The molecule has 0 aliphatic carbocycles. The molecule has 0 aliphatic heterocycles. The molecule has 0 aliphatic rings. The molecular formula is C14H8BrClF4N2O2. The second-order valence-corrected chi connectivity index (χ2v) is 5.65.